The second-order valence-corrected chi connectivity index (χ2v) is 5.95. The van der Waals surface area contributed by atoms with Gasteiger partial charge in [-0.25, -0.2) is 0 Å². The lowest BCUT2D eigenvalue weighted by Gasteiger charge is -2.13. The van der Waals surface area contributed by atoms with Crippen molar-refractivity contribution in [3.63, 3.8) is 0 Å². The van der Waals surface area contributed by atoms with E-state index >= 15 is 0 Å². The summed E-state index contributed by atoms with van der Waals surface area (Å²) in [6.07, 6.45) is 1.58. The van der Waals surface area contributed by atoms with Crippen LogP contribution in [-0.2, 0) is 0 Å². The second-order valence-electron chi connectivity index (χ2n) is 4.78. The molecule has 2 rings (SSSR count). The van der Waals surface area contributed by atoms with E-state index in [9.17, 15) is 9.59 Å². The Morgan fingerprint density at radius 2 is 1.43 bits per heavy atom. The number of benzene rings is 2. The molecule has 0 aromatic heterocycles. The number of carbonyl (C=O) groups is 2. The van der Waals surface area contributed by atoms with Crippen molar-refractivity contribution in [3.8, 4) is 0 Å². The average Bonchev–Trinajstić information content (AvgIpc) is 2.55. The third kappa shape index (κ3) is 4.30. The van der Waals surface area contributed by atoms with Gasteiger partial charge in [-0.1, -0.05) is 85.8 Å². The molecule has 0 bridgehead atoms. The van der Waals surface area contributed by atoms with Crippen LogP contribution >= 0.6 is 11.8 Å². The summed E-state index contributed by atoms with van der Waals surface area (Å²) >= 11 is 1.14. The van der Waals surface area contributed by atoms with E-state index in [1.165, 1.54) is 0 Å². The molecule has 0 spiro atoms. The van der Waals surface area contributed by atoms with Crippen LogP contribution < -0.4 is 0 Å². The molecule has 0 amide bonds. The SMILES string of the molecule is CCCC(SC(=O)c1ccccc1)C(=O)c1ccccc1. The zero-order valence-electron chi connectivity index (χ0n) is 12.0. The Bertz CT molecular complexity index is 593. The fraction of sp³-hybridized carbons (Fsp3) is 0.222. The van der Waals surface area contributed by atoms with Gasteiger partial charge in [0.15, 0.2) is 5.78 Å². The fourth-order valence-corrected chi connectivity index (χ4v) is 3.19. The summed E-state index contributed by atoms with van der Waals surface area (Å²) in [5.74, 6) is 0.0340. The first-order valence-corrected chi connectivity index (χ1v) is 7.95. The zero-order valence-corrected chi connectivity index (χ0v) is 12.8. The maximum atomic E-state index is 12.5. The molecular weight excluding hydrogens is 280 g/mol. The van der Waals surface area contributed by atoms with Gasteiger partial charge >= 0.3 is 0 Å². The molecule has 0 radical (unpaired) electrons. The van der Waals surface area contributed by atoms with E-state index in [4.69, 9.17) is 0 Å². The summed E-state index contributed by atoms with van der Waals surface area (Å²) in [6, 6.07) is 18.3. The topological polar surface area (TPSA) is 34.1 Å². The molecule has 0 saturated carbocycles. The Labute approximate surface area is 129 Å². The van der Waals surface area contributed by atoms with Crippen molar-refractivity contribution in [3.05, 3.63) is 71.8 Å². The van der Waals surface area contributed by atoms with Crippen LogP contribution in [0.5, 0.6) is 0 Å². The van der Waals surface area contributed by atoms with Crippen molar-refractivity contribution in [1.82, 2.24) is 0 Å². The monoisotopic (exact) mass is 298 g/mol. The van der Waals surface area contributed by atoms with Crippen molar-refractivity contribution >= 4 is 22.7 Å². The van der Waals surface area contributed by atoms with E-state index < -0.39 is 0 Å². The third-order valence-electron chi connectivity index (χ3n) is 3.16. The normalized spacial score (nSPS) is 11.9. The molecule has 0 N–H and O–H groups in total. The summed E-state index contributed by atoms with van der Waals surface area (Å²) in [4.78, 5) is 24.8. The number of rotatable bonds is 6. The minimum absolute atomic E-state index is 0.0340. The largest absolute Gasteiger partial charge is 0.293 e. The molecular formula is C18H18O2S. The van der Waals surface area contributed by atoms with Gasteiger partial charge in [0.25, 0.3) is 0 Å². The van der Waals surface area contributed by atoms with Gasteiger partial charge in [-0.3, -0.25) is 9.59 Å². The van der Waals surface area contributed by atoms with Crippen molar-refractivity contribution in [2.45, 2.75) is 25.0 Å². The van der Waals surface area contributed by atoms with E-state index in [1.807, 2.05) is 43.3 Å². The standard InChI is InChI=1S/C18H18O2S/c1-2-9-16(17(19)14-10-5-3-6-11-14)21-18(20)15-12-7-4-8-13-15/h3-8,10-13,16H,2,9H2,1H3. The van der Waals surface area contributed by atoms with Crippen LogP contribution in [0.25, 0.3) is 0 Å². The van der Waals surface area contributed by atoms with E-state index in [0.717, 1.165) is 18.2 Å². The third-order valence-corrected chi connectivity index (χ3v) is 4.34. The molecule has 3 heteroatoms. The Hall–Kier alpha value is -1.87. The lowest BCUT2D eigenvalue weighted by molar-refractivity contribution is 0.0980. The van der Waals surface area contributed by atoms with Gasteiger partial charge in [0.1, 0.15) is 0 Å². The molecule has 108 valence electrons. The number of hydrogen-bond donors (Lipinski definition) is 0. The lowest BCUT2D eigenvalue weighted by atomic mass is 10.1. The molecule has 0 saturated heterocycles. The predicted molar refractivity (Wildman–Crippen MR) is 87.8 cm³/mol. The molecule has 1 unspecified atom stereocenters. The summed E-state index contributed by atoms with van der Waals surface area (Å²) in [6.45, 7) is 2.03. The quantitative estimate of drug-likeness (QED) is 0.730. The first-order chi connectivity index (χ1) is 10.2. The van der Waals surface area contributed by atoms with Crippen LogP contribution in [-0.4, -0.2) is 16.1 Å². The van der Waals surface area contributed by atoms with E-state index in [1.54, 1.807) is 24.3 Å². The molecule has 0 heterocycles. The Morgan fingerprint density at radius 1 is 0.905 bits per heavy atom. The van der Waals surface area contributed by atoms with Crippen LogP contribution in [0.15, 0.2) is 60.7 Å². The minimum atomic E-state index is -0.315. The summed E-state index contributed by atoms with van der Waals surface area (Å²) in [5, 5.41) is -0.358. The maximum absolute atomic E-state index is 12.5. The van der Waals surface area contributed by atoms with Gasteiger partial charge in [-0.05, 0) is 6.42 Å². The fourth-order valence-electron chi connectivity index (χ4n) is 2.07. The Morgan fingerprint density at radius 3 is 1.95 bits per heavy atom. The molecule has 2 aromatic rings. The number of carbonyl (C=O) groups excluding carboxylic acids is 2. The lowest BCUT2D eigenvalue weighted by Crippen LogP contribution is -2.19. The van der Waals surface area contributed by atoms with Crippen LogP contribution in [0.1, 0.15) is 40.5 Å². The van der Waals surface area contributed by atoms with Gasteiger partial charge in [0, 0.05) is 11.1 Å². The van der Waals surface area contributed by atoms with E-state index in [-0.39, 0.29) is 16.1 Å². The first-order valence-electron chi connectivity index (χ1n) is 7.07. The summed E-state index contributed by atoms with van der Waals surface area (Å²) in [7, 11) is 0. The molecule has 1 atom stereocenters. The summed E-state index contributed by atoms with van der Waals surface area (Å²) < 4.78 is 0. The number of Topliss-reactive ketones (excluding diaryl/α,β-unsaturated/α-hetero) is 1. The smallest absolute Gasteiger partial charge is 0.220 e. The van der Waals surface area contributed by atoms with Gasteiger partial charge < -0.3 is 0 Å². The van der Waals surface area contributed by atoms with Gasteiger partial charge in [0.2, 0.25) is 5.12 Å². The van der Waals surface area contributed by atoms with Crippen LogP contribution in [0.4, 0.5) is 0 Å². The van der Waals surface area contributed by atoms with Gasteiger partial charge in [-0.2, -0.15) is 0 Å². The number of ketones is 1. The maximum Gasteiger partial charge on any atom is 0.220 e. The predicted octanol–water partition coefficient (Wildman–Crippen LogP) is 4.61. The highest BCUT2D eigenvalue weighted by Crippen LogP contribution is 2.25. The molecule has 0 aliphatic rings. The van der Waals surface area contributed by atoms with E-state index in [0.29, 0.717) is 17.5 Å². The van der Waals surface area contributed by atoms with Crippen LogP contribution in [0, 0.1) is 0 Å². The summed E-state index contributed by atoms with van der Waals surface area (Å²) in [5.41, 5.74) is 1.31. The van der Waals surface area contributed by atoms with E-state index in [2.05, 4.69) is 0 Å². The molecule has 2 nitrogen and oxygen atoms in total. The highest BCUT2D eigenvalue weighted by Gasteiger charge is 2.23. The highest BCUT2D eigenvalue weighted by molar-refractivity contribution is 8.15. The Kier molecular flexibility index (Phi) is 5.76. The van der Waals surface area contributed by atoms with Crippen LogP contribution in [0.2, 0.25) is 0 Å². The first kappa shape index (κ1) is 15.5. The second kappa shape index (κ2) is 7.79. The molecule has 0 aliphatic heterocycles. The molecule has 0 aliphatic carbocycles. The van der Waals surface area contributed by atoms with Gasteiger partial charge in [0.05, 0.1) is 5.25 Å². The van der Waals surface area contributed by atoms with Crippen LogP contribution in [0.3, 0.4) is 0 Å². The molecule has 0 fully saturated rings. The van der Waals surface area contributed by atoms with Gasteiger partial charge in [-0.15, -0.1) is 0 Å². The van der Waals surface area contributed by atoms with Crippen molar-refractivity contribution in [2.75, 3.05) is 0 Å². The molecule has 2 aromatic carbocycles. The highest BCUT2D eigenvalue weighted by atomic mass is 32.2. The minimum Gasteiger partial charge on any atom is -0.293 e. The average molecular weight is 298 g/mol. The van der Waals surface area contributed by atoms with Crippen molar-refractivity contribution in [2.24, 2.45) is 0 Å². The molecule has 21 heavy (non-hydrogen) atoms. The number of hydrogen-bond acceptors (Lipinski definition) is 3. The number of thioether (sulfide) groups is 1. The van der Waals surface area contributed by atoms with Crippen molar-refractivity contribution < 1.29 is 9.59 Å². The Balaban J connectivity index is 2.12. The zero-order chi connectivity index (χ0) is 15.1. The van der Waals surface area contributed by atoms with Crippen molar-refractivity contribution in [1.29, 1.82) is 0 Å².